The summed E-state index contributed by atoms with van der Waals surface area (Å²) in [5, 5.41) is 32.3. The van der Waals surface area contributed by atoms with Crippen LogP contribution in [-0.2, 0) is 33.5 Å². The minimum atomic E-state index is -3.89. The third kappa shape index (κ3) is 13.7. The number of aliphatic hydroxyl groups excluding tert-OH is 2. The average Bonchev–Trinajstić information content (AvgIpc) is 2.97. The van der Waals surface area contributed by atoms with Gasteiger partial charge in [0.25, 0.3) is 0 Å². The Morgan fingerprint density at radius 1 is 0.929 bits per heavy atom. The summed E-state index contributed by atoms with van der Waals surface area (Å²) in [6, 6.07) is 21.6. The third-order valence-corrected chi connectivity index (χ3v) is 7.10. The zero-order valence-electron chi connectivity index (χ0n) is 24.2. The van der Waals surface area contributed by atoms with Gasteiger partial charge in [-0.3, -0.25) is 4.57 Å². The van der Waals surface area contributed by atoms with E-state index in [-0.39, 0.29) is 50.5 Å². The predicted octanol–water partition coefficient (Wildman–Crippen LogP) is 3.61. The van der Waals surface area contributed by atoms with Crippen molar-refractivity contribution in [3.05, 3.63) is 89.5 Å². The Hall–Kier alpha value is -2.35. The molecule has 3 rings (SSSR count). The Kier molecular flexibility index (Phi) is 16.2. The molecule has 0 saturated carbocycles. The molecule has 0 aliphatic carbocycles. The van der Waals surface area contributed by atoms with Crippen LogP contribution in [0.4, 0.5) is 0 Å². The van der Waals surface area contributed by atoms with Crippen LogP contribution in [0.1, 0.15) is 30.0 Å². The van der Waals surface area contributed by atoms with Crippen molar-refractivity contribution in [2.24, 2.45) is 0 Å². The molecule has 0 spiro atoms. The normalized spacial score (nSPS) is 13.9. The van der Waals surface area contributed by atoms with Crippen LogP contribution in [0, 0.1) is 0 Å². The van der Waals surface area contributed by atoms with E-state index in [9.17, 15) is 24.8 Å². The minimum Gasteiger partial charge on any atom is -0.508 e. The van der Waals surface area contributed by atoms with Crippen LogP contribution in [0.15, 0.2) is 72.8 Å². The Morgan fingerprint density at radius 2 is 1.64 bits per heavy atom. The molecule has 0 aliphatic heterocycles. The van der Waals surface area contributed by atoms with Crippen LogP contribution in [0.25, 0.3) is 0 Å². The standard InChI is InChI=1S/C30H40NO9P.Li/c1-23(31-18-27(33)21-38-29-12-13-30(34)26(17-29)19-32)16-24-8-10-28(11-9-24)39-22-41(35,36)40-15-5-14-37-20-25-6-3-2-4-7-25;/h2-4,6-13,17,23,27,31-34H,5,14-16,18-22H2,1H3,(H,35,36);/t23-,27+;/m1./s1. The summed E-state index contributed by atoms with van der Waals surface area (Å²) in [5.74, 6) is 0.907. The van der Waals surface area contributed by atoms with E-state index in [1.165, 1.54) is 12.1 Å². The summed E-state index contributed by atoms with van der Waals surface area (Å²) in [6.07, 6.45) is -0.00951. The summed E-state index contributed by atoms with van der Waals surface area (Å²) in [4.78, 5) is 10.0. The molecule has 0 amide bonds. The van der Waals surface area contributed by atoms with E-state index in [1.54, 1.807) is 18.2 Å². The number of ether oxygens (including phenoxy) is 3. The molecule has 12 heteroatoms. The Bertz CT molecular complexity index is 1220. The van der Waals surface area contributed by atoms with Gasteiger partial charge in [-0.1, -0.05) is 42.5 Å². The van der Waals surface area contributed by atoms with E-state index in [2.05, 4.69) is 5.32 Å². The van der Waals surface area contributed by atoms with Crippen LogP contribution in [-0.4, -0.2) is 83.9 Å². The molecule has 0 aromatic heterocycles. The van der Waals surface area contributed by atoms with Gasteiger partial charge in [-0.25, -0.2) is 0 Å². The van der Waals surface area contributed by atoms with Crippen molar-refractivity contribution in [2.45, 2.75) is 45.1 Å². The molecule has 10 nitrogen and oxygen atoms in total. The topological polar surface area (TPSA) is 147 Å². The molecule has 42 heavy (non-hydrogen) atoms. The molecule has 225 valence electrons. The maximum atomic E-state index is 12.3. The van der Waals surface area contributed by atoms with Crippen molar-refractivity contribution in [3.63, 3.8) is 0 Å². The number of hydrogen-bond donors (Lipinski definition) is 5. The summed E-state index contributed by atoms with van der Waals surface area (Å²) in [5.41, 5.74) is 2.45. The molecule has 0 saturated heterocycles. The van der Waals surface area contributed by atoms with E-state index < -0.39 is 20.0 Å². The molecule has 1 unspecified atom stereocenters. The minimum absolute atomic E-state index is 0. The quantitative estimate of drug-likeness (QED) is 0.0790. The van der Waals surface area contributed by atoms with Gasteiger partial charge in [0.2, 0.25) is 0 Å². The van der Waals surface area contributed by atoms with Crippen LogP contribution in [0.3, 0.4) is 0 Å². The smallest absolute Gasteiger partial charge is 0.365 e. The van der Waals surface area contributed by atoms with E-state index in [0.717, 1.165) is 11.1 Å². The van der Waals surface area contributed by atoms with Crippen LogP contribution >= 0.6 is 7.60 Å². The van der Waals surface area contributed by atoms with Gasteiger partial charge >= 0.3 is 7.60 Å². The fourth-order valence-corrected chi connectivity index (χ4v) is 4.64. The van der Waals surface area contributed by atoms with E-state index >= 15 is 0 Å². The molecule has 3 aromatic rings. The Morgan fingerprint density at radius 3 is 2.36 bits per heavy atom. The summed E-state index contributed by atoms with van der Waals surface area (Å²) in [7, 11) is -3.89. The molecular weight excluding hydrogens is 556 g/mol. The number of aliphatic hydroxyl groups is 2. The molecular formula is C30H40LiNO9P. The van der Waals surface area contributed by atoms with Crippen LogP contribution < -0.4 is 14.8 Å². The number of phenols is 1. The first-order valence-electron chi connectivity index (χ1n) is 13.5. The number of nitrogens with one attached hydrogen (secondary N) is 1. The van der Waals surface area contributed by atoms with Crippen molar-refractivity contribution in [1.29, 1.82) is 0 Å². The molecule has 0 aliphatic rings. The van der Waals surface area contributed by atoms with E-state index in [0.29, 0.717) is 49.7 Å². The van der Waals surface area contributed by atoms with Crippen LogP contribution in [0.2, 0.25) is 0 Å². The van der Waals surface area contributed by atoms with Gasteiger partial charge in [0.05, 0.1) is 19.8 Å². The zero-order chi connectivity index (χ0) is 29.5. The number of rotatable bonds is 19. The van der Waals surface area contributed by atoms with Crippen molar-refractivity contribution in [1.82, 2.24) is 5.32 Å². The second-order valence-electron chi connectivity index (χ2n) is 9.71. The monoisotopic (exact) mass is 596 g/mol. The summed E-state index contributed by atoms with van der Waals surface area (Å²) in [6.45, 7) is 3.07. The molecule has 3 atom stereocenters. The molecule has 5 N–H and O–H groups in total. The summed E-state index contributed by atoms with van der Waals surface area (Å²) >= 11 is 0. The van der Waals surface area contributed by atoms with Gasteiger partial charge in [0.1, 0.15) is 30.0 Å². The molecule has 3 aromatic carbocycles. The van der Waals surface area contributed by atoms with Gasteiger partial charge in [-0.2, -0.15) is 0 Å². The van der Waals surface area contributed by atoms with Crippen molar-refractivity contribution in [3.8, 4) is 17.2 Å². The molecule has 0 fully saturated rings. The van der Waals surface area contributed by atoms with Crippen molar-refractivity contribution < 1.29 is 43.5 Å². The summed E-state index contributed by atoms with van der Waals surface area (Å²) < 4.78 is 34.0. The Labute approximate surface area is 259 Å². The number of aromatic hydroxyl groups is 1. The van der Waals surface area contributed by atoms with E-state index in [4.69, 9.17) is 18.7 Å². The predicted molar refractivity (Wildman–Crippen MR) is 161 cm³/mol. The van der Waals surface area contributed by atoms with E-state index in [1.807, 2.05) is 49.4 Å². The third-order valence-electron chi connectivity index (χ3n) is 6.06. The molecule has 0 bridgehead atoms. The Balaban J connectivity index is 0.00000616. The molecule has 0 heterocycles. The second kappa shape index (κ2) is 19.0. The zero-order valence-corrected chi connectivity index (χ0v) is 25.1. The fourth-order valence-electron chi connectivity index (χ4n) is 3.84. The van der Waals surface area contributed by atoms with Gasteiger partial charge in [-0.15, -0.1) is 0 Å². The number of benzene rings is 3. The maximum Gasteiger partial charge on any atom is 0.365 e. The largest absolute Gasteiger partial charge is 0.508 e. The van der Waals surface area contributed by atoms with Gasteiger partial charge in [0, 0.05) is 43.6 Å². The van der Waals surface area contributed by atoms with Gasteiger partial charge in [0.15, 0.2) is 6.35 Å². The average molecular weight is 597 g/mol. The van der Waals surface area contributed by atoms with Crippen molar-refractivity contribution >= 4 is 26.5 Å². The first kappa shape index (κ1) is 35.8. The van der Waals surface area contributed by atoms with Crippen LogP contribution in [0.5, 0.6) is 17.2 Å². The van der Waals surface area contributed by atoms with Gasteiger partial charge < -0.3 is 44.3 Å². The van der Waals surface area contributed by atoms with Gasteiger partial charge in [-0.05, 0) is 61.2 Å². The first-order chi connectivity index (χ1) is 19.7. The fraction of sp³-hybridized carbons (Fsp3) is 0.400. The second-order valence-corrected chi connectivity index (χ2v) is 11.5. The number of hydrogen-bond acceptors (Lipinski definition) is 9. The SMILES string of the molecule is C[C@H](Cc1ccc(OCP(=O)(O)OCCCOCc2ccccc2)cc1)NC[C@H](O)COc1ccc(O)c(CO)c1.[Li]. The first-order valence-corrected chi connectivity index (χ1v) is 15.3. The molecule has 1 radical (unpaired) electrons. The maximum absolute atomic E-state index is 12.3. The van der Waals surface area contributed by atoms with Crippen molar-refractivity contribution in [2.75, 3.05) is 32.7 Å².